The Bertz CT molecular complexity index is 151. The van der Waals surface area contributed by atoms with Gasteiger partial charge in [-0.15, -0.1) is 0 Å². The van der Waals surface area contributed by atoms with Crippen LogP contribution in [0.4, 0.5) is 0 Å². The first-order valence-corrected chi connectivity index (χ1v) is 5.80. The average molecular weight is 166 g/mol. The zero-order valence-corrected chi connectivity index (χ0v) is 8.60. The molecular weight excluding hydrogens is 144 g/mol. The predicted molar refractivity (Wildman–Crippen MR) is 53.1 cm³/mol. The third-order valence-electron chi connectivity index (χ3n) is 4.78. The molecule has 0 heteroatoms. The number of hydrogen-bond donors (Lipinski definition) is 0. The molecule has 0 aromatic heterocycles. The maximum Gasteiger partial charge on any atom is -0.0272 e. The van der Waals surface area contributed by atoms with Gasteiger partial charge in [0.05, 0.1) is 0 Å². The predicted octanol–water partition coefficient (Wildman–Crippen LogP) is 4.00. The number of rotatable bonds is 2. The van der Waals surface area contributed by atoms with E-state index in [-0.39, 0.29) is 0 Å². The Morgan fingerprint density at radius 3 is 2.25 bits per heavy atom. The Balaban J connectivity index is 2.15. The van der Waals surface area contributed by atoms with Crippen LogP contribution in [-0.4, -0.2) is 0 Å². The minimum Gasteiger partial charge on any atom is -0.0651 e. The molecule has 3 fully saturated rings. The fraction of sp³-hybridized carbons (Fsp3) is 1.00. The third-order valence-corrected chi connectivity index (χ3v) is 4.78. The standard InChI is InChI=1S/C12H22/c1-3-11-9-10-5-7-12(11,4-2)8-6-10/h10-11H,3-9H2,1-2H3. The summed E-state index contributed by atoms with van der Waals surface area (Å²) < 4.78 is 0. The maximum atomic E-state index is 2.41. The van der Waals surface area contributed by atoms with Crippen LogP contribution < -0.4 is 0 Å². The summed E-state index contributed by atoms with van der Waals surface area (Å²) in [5, 5.41) is 0. The van der Waals surface area contributed by atoms with Crippen LogP contribution >= 0.6 is 0 Å². The van der Waals surface area contributed by atoms with Gasteiger partial charge in [0.1, 0.15) is 0 Å². The van der Waals surface area contributed by atoms with Crippen molar-refractivity contribution >= 4 is 0 Å². The quantitative estimate of drug-likeness (QED) is 0.581. The van der Waals surface area contributed by atoms with E-state index < -0.39 is 0 Å². The zero-order valence-electron chi connectivity index (χ0n) is 8.60. The summed E-state index contributed by atoms with van der Waals surface area (Å²) in [5.74, 6) is 2.19. The summed E-state index contributed by atoms with van der Waals surface area (Å²) in [5.41, 5.74) is 0.795. The molecule has 0 nitrogen and oxygen atoms in total. The van der Waals surface area contributed by atoms with E-state index >= 15 is 0 Å². The highest BCUT2D eigenvalue weighted by Crippen LogP contribution is 2.56. The molecule has 0 amide bonds. The van der Waals surface area contributed by atoms with Crippen molar-refractivity contribution in [3.63, 3.8) is 0 Å². The van der Waals surface area contributed by atoms with Crippen molar-refractivity contribution in [3.8, 4) is 0 Å². The van der Waals surface area contributed by atoms with Gasteiger partial charge in [0.25, 0.3) is 0 Å². The first-order chi connectivity index (χ1) is 5.80. The lowest BCUT2D eigenvalue weighted by Gasteiger charge is -2.52. The van der Waals surface area contributed by atoms with Crippen molar-refractivity contribution in [2.75, 3.05) is 0 Å². The smallest absolute Gasteiger partial charge is 0.0272 e. The zero-order chi connectivity index (χ0) is 8.60. The van der Waals surface area contributed by atoms with Crippen LogP contribution in [0.2, 0.25) is 0 Å². The summed E-state index contributed by atoms with van der Waals surface area (Å²) in [6.07, 6.45) is 10.6. The summed E-state index contributed by atoms with van der Waals surface area (Å²) in [6, 6.07) is 0. The monoisotopic (exact) mass is 166 g/mol. The summed E-state index contributed by atoms with van der Waals surface area (Å²) in [7, 11) is 0. The van der Waals surface area contributed by atoms with Crippen molar-refractivity contribution in [2.24, 2.45) is 17.3 Å². The molecule has 0 heterocycles. The van der Waals surface area contributed by atoms with Crippen LogP contribution in [0.25, 0.3) is 0 Å². The molecule has 0 radical (unpaired) electrons. The van der Waals surface area contributed by atoms with Gasteiger partial charge < -0.3 is 0 Å². The van der Waals surface area contributed by atoms with E-state index in [0.29, 0.717) is 0 Å². The maximum absolute atomic E-state index is 2.41. The Hall–Kier alpha value is 0. The van der Waals surface area contributed by atoms with Gasteiger partial charge in [-0.2, -0.15) is 0 Å². The molecule has 0 aliphatic heterocycles. The fourth-order valence-electron chi connectivity index (χ4n) is 3.79. The molecule has 2 bridgehead atoms. The molecule has 0 saturated heterocycles. The Morgan fingerprint density at radius 2 is 1.83 bits per heavy atom. The van der Waals surface area contributed by atoms with Gasteiger partial charge in [0, 0.05) is 0 Å². The SMILES string of the molecule is CCC1CC2CCC1(CC)CC2. The molecule has 0 N–H and O–H groups in total. The first-order valence-electron chi connectivity index (χ1n) is 5.80. The molecule has 1 atom stereocenters. The van der Waals surface area contributed by atoms with Crippen LogP contribution in [0.5, 0.6) is 0 Å². The van der Waals surface area contributed by atoms with E-state index in [1.807, 2.05) is 0 Å². The van der Waals surface area contributed by atoms with E-state index in [2.05, 4.69) is 13.8 Å². The molecular formula is C12H22. The minimum absolute atomic E-state index is 0.795. The third kappa shape index (κ3) is 1.11. The molecule has 12 heavy (non-hydrogen) atoms. The van der Waals surface area contributed by atoms with Gasteiger partial charge in [0.15, 0.2) is 0 Å². The lowest BCUT2D eigenvalue weighted by molar-refractivity contribution is -0.0106. The van der Waals surface area contributed by atoms with Crippen molar-refractivity contribution in [2.45, 2.75) is 58.8 Å². The Labute approximate surface area is 76.7 Å². The van der Waals surface area contributed by atoms with Gasteiger partial charge in [-0.05, 0) is 49.4 Å². The number of fused-ring (bicyclic) bond motifs is 3. The second-order valence-electron chi connectivity index (χ2n) is 5.00. The Morgan fingerprint density at radius 1 is 1.17 bits per heavy atom. The van der Waals surface area contributed by atoms with E-state index in [1.165, 1.54) is 12.8 Å². The van der Waals surface area contributed by atoms with E-state index in [9.17, 15) is 0 Å². The van der Waals surface area contributed by atoms with Crippen LogP contribution in [0, 0.1) is 17.3 Å². The largest absolute Gasteiger partial charge is 0.0651 e. The summed E-state index contributed by atoms with van der Waals surface area (Å²) in [6.45, 7) is 4.80. The molecule has 3 aliphatic rings. The minimum atomic E-state index is 0.795. The molecule has 3 saturated carbocycles. The van der Waals surface area contributed by atoms with Gasteiger partial charge >= 0.3 is 0 Å². The highest BCUT2D eigenvalue weighted by molar-refractivity contribution is 4.95. The lowest BCUT2D eigenvalue weighted by atomic mass is 9.53. The highest BCUT2D eigenvalue weighted by Gasteiger charge is 2.45. The normalized spacial score (nSPS) is 46.5. The van der Waals surface area contributed by atoms with Crippen LogP contribution in [0.15, 0.2) is 0 Å². The van der Waals surface area contributed by atoms with Crippen LogP contribution in [0.1, 0.15) is 58.8 Å². The molecule has 1 unspecified atom stereocenters. The van der Waals surface area contributed by atoms with E-state index in [4.69, 9.17) is 0 Å². The number of hydrogen-bond acceptors (Lipinski definition) is 0. The van der Waals surface area contributed by atoms with Crippen LogP contribution in [0.3, 0.4) is 0 Å². The van der Waals surface area contributed by atoms with Gasteiger partial charge in [0.2, 0.25) is 0 Å². The van der Waals surface area contributed by atoms with Crippen LogP contribution in [-0.2, 0) is 0 Å². The summed E-state index contributed by atoms with van der Waals surface area (Å²) in [4.78, 5) is 0. The topological polar surface area (TPSA) is 0 Å². The van der Waals surface area contributed by atoms with Gasteiger partial charge in [-0.25, -0.2) is 0 Å². The molecule has 0 aromatic carbocycles. The molecule has 70 valence electrons. The molecule has 3 rings (SSSR count). The Kier molecular flexibility index (Phi) is 2.18. The van der Waals surface area contributed by atoms with Gasteiger partial charge in [-0.3, -0.25) is 0 Å². The highest BCUT2D eigenvalue weighted by atomic mass is 14.5. The molecule has 0 spiro atoms. The van der Waals surface area contributed by atoms with E-state index in [1.54, 1.807) is 32.1 Å². The van der Waals surface area contributed by atoms with Crippen molar-refractivity contribution in [1.29, 1.82) is 0 Å². The first kappa shape index (κ1) is 8.59. The van der Waals surface area contributed by atoms with E-state index in [0.717, 1.165) is 17.3 Å². The fourth-order valence-corrected chi connectivity index (χ4v) is 3.79. The van der Waals surface area contributed by atoms with Gasteiger partial charge in [-0.1, -0.05) is 26.7 Å². The molecule has 0 aromatic rings. The van der Waals surface area contributed by atoms with Crippen molar-refractivity contribution in [3.05, 3.63) is 0 Å². The second-order valence-corrected chi connectivity index (χ2v) is 5.00. The second kappa shape index (κ2) is 3.05. The summed E-state index contributed by atoms with van der Waals surface area (Å²) >= 11 is 0. The van der Waals surface area contributed by atoms with Crippen molar-refractivity contribution < 1.29 is 0 Å². The average Bonchev–Trinajstić information content (AvgIpc) is 2.19. The van der Waals surface area contributed by atoms with Crippen molar-refractivity contribution in [1.82, 2.24) is 0 Å². The molecule has 3 aliphatic carbocycles. The lowest BCUT2D eigenvalue weighted by Crippen LogP contribution is -2.41.